The van der Waals surface area contributed by atoms with Gasteiger partial charge in [0.25, 0.3) is 0 Å². The number of ether oxygens (including phenoxy) is 2. The van der Waals surface area contributed by atoms with Crippen LogP contribution in [-0.4, -0.2) is 34.0 Å². The zero-order valence-electron chi connectivity index (χ0n) is 13.6. The summed E-state index contributed by atoms with van der Waals surface area (Å²) in [6.45, 7) is 0. The Balaban J connectivity index is 0.000000505. The third kappa shape index (κ3) is 6.35. The lowest BCUT2D eigenvalue weighted by molar-refractivity contribution is 0.355. The van der Waals surface area contributed by atoms with Crippen LogP contribution in [0.4, 0.5) is 17.3 Å². The summed E-state index contributed by atoms with van der Waals surface area (Å²) in [6.07, 6.45) is 4.28. The van der Waals surface area contributed by atoms with Gasteiger partial charge in [0.2, 0.25) is 0 Å². The second kappa shape index (κ2) is 8.32. The Bertz CT molecular complexity index is 740. The number of benzene rings is 1. The van der Waals surface area contributed by atoms with Crippen molar-refractivity contribution < 1.29 is 31.2 Å². The third-order valence-corrected chi connectivity index (χ3v) is 3.67. The number of hydrogen-bond acceptors (Lipinski definition) is 4. The summed E-state index contributed by atoms with van der Waals surface area (Å²) in [6, 6.07) is 5.11. The Morgan fingerprint density at radius 2 is 1.54 bits per heavy atom. The first-order valence-corrected chi connectivity index (χ1v) is 8.86. The van der Waals surface area contributed by atoms with Crippen LogP contribution >= 0.6 is 0 Å². The minimum Gasteiger partial charge on any atom is -0.493 e. The first-order chi connectivity index (χ1) is 11.0. The second-order valence-electron chi connectivity index (χ2n) is 4.92. The van der Waals surface area contributed by atoms with Crippen LogP contribution in [0.25, 0.3) is 11.0 Å². The topological polar surface area (TPSA) is 48.7 Å². The highest BCUT2D eigenvalue weighted by molar-refractivity contribution is 7.94. The molecule has 0 N–H and O–H groups in total. The minimum atomic E-state index is -6.00. The molecule has 0 spiro atoms. The van der Waals surface area contributed by atoms with E-state index in [4.69, 9.17) is 13.9 Å². The van der Waals surface area contributed by atoms with Gasteiger partial charge < -0.3 is 31.2 Å². The molecule has 0 aliphatic carbocycles. The van der Waals surface area contributed by atoms with Crippen molar-refractivity contribution in [2.75, 3.05) is 26.7 Å². The Kier molecular flexibility index (Phi) is 7.00. The molecule has 1 aromatic carbocycles. The lowest BCUT2D eigenvalue weighted by Crippen LogP contribution is -2.06. The molecule has 4 nitrogen and oxygen atoms in total. The van der Waals surface area contributed by atoms with Gasteiger partial charge in [-0.05, 0) is 17.0 Å². The van der Waals surface area contributed by atoms with Gasteiger partial charge >= 0.3 is 12.9 Å². The molecule has 2 rings (SSSR count). The average Bonchev–Trinajstić information content (AvgIpc) is 2.43. The van der Waals surface area contributed by atoms with Gasteiger partial charge in [-0.2, -0.15) is 0 Å². The molecule has 24 heavy (non-hydrogen) atoms. The normalized spacial score (nSPS) is 11.2. The zero-order chi connectivity index (χ0) is 18.5. The fraction of sp³-hybridized carbons (Fsp3) is 0.357. The molecule has 0 fully saturated rings. The van der Waals surface area contributed by atoms with Crippen molar-refractivity contribution in [3.05, 3.63) is 34.2 Å². The molecule has 0 radical (unpaired) electrons. The fourth-order valence-electron chi connectivity index (χ4n) is 1.98. The van der Waals surface area contributed by atoms with Crippen LogP contribution in [0.15, 0.2) is 27.4 Å². The lowest BCUT2D eigenvalue weighted by atomic mass is 10.1. The van der Waals surface area contributed by atoms with Crippen molar-refractivity contribution in [3.8, 4) is 11.5 Å². The van der Waals surface area contributed by atoms with Crippen molar-refractivity contribution in [2.45, 2.75) is 5.75 Å². The Morgan fingerprint density at radius 1 is 1.04 bits per heavy atom. The van der Waals surface area contributed by atoms with Gasteiger partial charge in [-0.3, -0.25) is 0 Å². The van der Waals surface area contributed by atoms with Crippen LogP contribution in [0, 0.1) is 0 Å². The van der Waals surface area contributed by atoms with Gasteiger partial charge in [-0.1, -0.05) is 0 Å². The van der Waals surface area contributed by atoms with Crippen molar-refractivity contribution in [1.29, 1.82) is 0 Å². The minimum absolute atomic E-state index is 0.201. The largest absolute Gasteiger partial charge is 0.673 e. The van der Waals surface area contributed by atoms with E-state index in [9.17, 15) is 22.1 Å². The predicted molar refractivity (Wildman–Crippen MR) is 88.7 cm³/mol. The van der Waals surface area contributed by atoms with E-state index in [1.165, 1.54) is 0 Å². The molecule has 0 amide bonds. The summed E-state index contributed by atoms with van der Waals surface area (Å²) in [5, 5.41) is 0.901. The van der Waals surface area contributed by atoms with E-state index in [0.29, 0.717) is 17.1 Å². The van der Waals surface area contributed by atoms with E-state index >= 15 is 0 Å². The molecular weight excluding hydrogens is 351 g/mol. The maximum atomic E-state index is 11.6. The van der Waals surface area contributed by atoms with Crippen molar-refractivity contribution in [3.63, 3.8) is 0 Å². The van der Waals surface area contributed by atoms with E-state index in [2.05, 4.69) is 12.5 Å². The molecule has 1 aromatic heterocycles. The molecular formula is C14H17BF4O4S. The first-order valence-electron chi connectivity index (χ1n) is 6.65. The second-order valence-corrected chi connectivity index (χ2v) is 7.18. The maximum absolute atomic E-state index is 11.6. The SMILES string of the molecule is COc1cc2oc(=O)cc(C[S+](C)C)c2cc1OC.F[B-](F)(F)F. The van der Waals surface area contributed by atoms with E-state index in [-0.39, 0.29) is 16.5 Å². The number of fused-ring (bicyclic) bond motifs is 1. The highest BCUT2D eigenvalue weighted by Crippen LogP contribution is 2.33. The van der Waals surface area contributed by atoms with Crippen LogP contribution in [-0.2, 0) is 16.6 Å². The van der Waals surface area contributed by atoms with Crippen LogP contribution in [0.3, 0.4) is 0 Å². The molecule has 0 bridgehead atoms. The molecule has 134 valence electrons. The van der Waals surface area contributed by atoms with Crippen molar-refractivity contribution in [2.24, 2.45) is 0 Å². The van der Waals surface area contributed by atoms with Crippen LogP contribution in [0.2, 0.25) is 0 Å². The predicted octanol–water partition coefficient (Wildman–Crippen LogP) is 3.49. The molecule has 1 heterocycles. The molecule has 0 atom stereocenters. The van der Waals surface area contributed by atoms with E-state index < -0.39 is 7.25 Å². The summed E-state index contributed by atoms with van der Waals surface area (Å²) in [5.41, 5.74) is 1.19. The van der Waals surface area contributed by atoms with Crippen molar-refractivity contribution >= 4 is 29.1 Å². The quantitative estimate of drug-likeness (QED) is 0.359. The lowest BCUT2D eigenvalue weighted by Gasteiger charge is -2.10. The number of methoxy groups -OCH3 is 2. The molecule has 0 saturated heterocycles. The third-order valence-electron chi connectivity index (χ3n) is 2.78. The van der Waals surface area contributed by atoms with Gasteiger partial charge in [0.05, 0.1) is 26.7 Å². The summed E-state index contributed by atoms with van der Waals surface area (Å²) < 4.78 is 54.7. The van der Waals surface area contributed by atoms with E-state index in [1.807, 2.05) is 6.07 Å². The van der Waals surface area contributed by atoms with Gasteiger partial charge in [-0.15, -0.1) is 0 Å². The molecule has 0 aliphatic heterocycles. The van der Waals surface area contributed by atoms with Crippen molar-refractivity contribution in [1.82, 2.24) is 0 Å². The molecule has 0 aliphatic rings. The standard InChI is InChI=1S/C14H17O4S.BF4/c1-16-12-6-10-9(8-19(3)4)5-14(15)18-11(10)7-13(12)17-2;2-1(3,4)5/h5-7H,8H2,1-4H3;/q+1;-1. The first kappa shape index (κ1) is 20.2. The Morgan fingerprint density at radius 3 is 2.00 bits per heavy atom. The van der Waals surface area contributed by atoms with Gasteiger partial charge in [0.1, 0.15) is 11.3 Å². The monoisotopic (exact) mass is 368 g/mol. The molecule has 2 aromatic rings. The fourth-order valence-corrected chi connectivity index (χ4v) is 2.84. The highest BCUT2D eigenvalue weighted by Gasteiger charge is 2.20. The van der Waals surface area contributed by atoms with Gasteiger partial charge in [-0.25, -0.2) is 4.79 Å². The van der Waals surface area contributed by atoms with E-state index in [0.717, 1.165) is 16.7 Å². The molecule has 0 unspecified atom stereocenters. The summed E-state index contributed by atoms with van der Waals surface area (Å²) in [5.74, 6) is 2.04. The Labute approximate surface area is 139 Å². The average molecular weight is 368 g/mol. The van der Waals surface area contributed by atoms with E-state index in [1.54, 1.807) is 26.4 Å². The number of rotatable bonds is 4. The van der Waals surface area contributed by atoms with Crippen LogP contribution < -0.4 is 15.1 Å². The maximum Gasteiger partial charge on any atom is 0.673 e. The summed E-state index contributed by atoms with van der Waals surface area (Å²) in [4.78, 5) is 11.6. The highest BCUT2D eigenvalue weighted by atomic mass is 32.2. The van der Waals surface area contributed by atoms with Gasteiger partial charge in [0.15, 0.2) is 11.5 Å². The Hall–Kier alpha value is -1.84. The van der Waals surface area contributed by atoms with Crippen LogP contribution in [0.5, 0.6) is 11.5 Å². The van der Waals surface area contributed by atoms with Gasteiger partial charge in [0, 0.05) is 23.1 Å². The smallest absolute Gasteiger partial charge is 0.493 e. The molecule has 10 heteroatoms. The zero-order valence-corrected chi connectivity index (χ0v) is 14.4. The number of hydrogen-bond donors (Lipinski definition) is 0. The van der Waals surface area contributed by atoms with Crippen LogP contribution in [0.1, 0.15) is 5.56 Å². The summed E-state index contributed by atoms with van der Waals surface area (Å²) in [7, 11) is -2.65. The molecule has 0 saturated carbocycles. The summed E-state index contributed by atoms with van der Waals surface area (Å²) >= 11 is 0. The number of halogens is 4.